The van der Waals surface area contributed by atoms with Gasteiger partial charge in [0, 0.05) is 12.3 Å². The molecule has 1 heteroatoms. The van der Waals surface area contributed by atoms with E-state index < -0.39 is 0 Å². The standard InChI is InChI=1S/C25H40O/c1-4-5-6-7-8-9-10-11-12-13-14-15-16-17-18-19-20-21-22-23-25(26)24(2)3/h5-6,11-12,14-15,17-18,20-21,24H,4,7-10,13,16,19,22-23H2,1-3H3/b6-5-,12-11-,15-14-,18-17-,21-20-. The first-order valence-corrected chi connectivity index (χ1v) is 10.5. The Labute approximate surface area is 162 Å². The van der Waals surface area contributed by atoms with Crippen molar-refractivity contribution >= 4 is 5.78 Å². The molecule has 0 saturated carbocycles. The van der Waals surface area contributed by atoms with Crippen LogP contribution in [0.15, 0.2) is 60.8 Å². The van der Waals surface area contributed by atoms with E-state index in [1.807, 2.05) is 13.8 Å². The van der Waals surface area contributed by atoms with Crippen LogP contribution in [0.2, 0.25) is 0 Å². The van der Waals surface area contributed by atoms with E-state index in [-0.39, 0.29) is 5.92 Å². The molecule has 0 aromatic heterocycles. The van der Waals surface area contributed by atoms with Gasteiger partial charge in [0.05, 0.1) is 0 Å². The lowest BCUT2D eigenvalue weighted by Gasteiger charge is -1.99. The van der Waals surface area contributed by atoms with E-state index in [9.17, 15) is 4.79 Å². The van der Waals surface area contributed by atoms with Gasteiger partial charge < -0.3 is 0 Å². The van der Waals surface area contributed by atoms with Crippen molar-refractivity contribution in [2.75, 3.05) is 0 Å². The van der Waals surface area contributed by atoms with Crippen LogP contribution in [0.5, 0.6) is 0 Å². The zero-order valence-corrected chi connectivity index (χ0v) is 17.3. The molecule has 146 valence electrons. The Kier molecular flexibility index (Phi) is 18.5. The summed E-state index contributed by atoms with van der Waals surface area (Å²) in [5.74, 6) is 0.520. The number of hydrogen-bond acceptors (Lipinski definition) is 1. The van der Waals surface area contributed by atoms with Crippen LogP contribution in [0.25, 0.3) is 0 Å². The van der Waals surface area contributed by atoms with E-state index >= 15 is 0 Å². The fourth-order valence-electron chi connectivity index (χ4n) is 2.37. The molecule has 0 N–H and O–H groups in total. The molecule has 1 nitrogen and oxygen atoms in total. The number of ketones is 1. The molecule has 0 heterocycles. The molecular formula is C25H40O. The minimum Gasteiger partial charge on any atom is -0.299 e. The van der Waals surface area contributed by atoms with E-state index in [1.54, 1.807) is 0 Å². The number of Topliss-reactive ketones (excluding diaryl/α,β-unsaturated/α-hetero) is 1. The van der Waals surface area contributed by atoms with Crippen molar-refractivity contribution in [3.63, 3.8) is 0 Å². The summed E-state index contributed by atoms with van der Waals surface area (Å²) in [5, 5.41) is 0. The lowest BCUT2D eigenvalue weighted by atomic mass is 10.0. The van der Waals surface area contributed by atoms with E-state index in [0.717, 1.165) is 32.1 Å². The molecule has 0 amide bonds. The molecule has 0 unspecified atom stereocenters. The highest BCUT2D eigenvalue weighted by atomic mass is 16.1. The number of allylic oxidation sites excluding steroid dienone is 10. The van der Waals surface area contributed by atoms with Gasteiger partial charge in [-0.3, -0.25) is 4.79 Å². The topological polar surface area (TPSA) is 17.1 Å². The van der Waals surface area contributed by atoms with Crippen LogP contribution in [-0.2, 0) is 4.79 Å². The van der Waals surface area contributed by atoms with Crippen LogP contribution in [0, 0.1) is 5.92 Å². The summed E-state index contributed by atoms with van der Waals surface area (Å²) in [6.07, 6.45) is 32.9. The summed E-state index contributed by atoms with van der Waals surface area (Å²) in [6.45, 7) is 6.11. The lowest BCUT2D eigenvalue weighted by Crippen LogP contribution is -2.05. The number of unbranched alkanes of at least 4 members (excludes halogenated alkanes) is 3. The highest BCUT2D eigenvalue weighted by Crippen LogP contribution is 2.04. The number of rotatable bonds is 16. The van der Waals surface area contributed by atoms with Gasteiger partial charge in [0.25, 0.3) is 0 Å². The van der Waals surface area contributed by atoms with Crippen molar-refractivity contribution in [1.29, 1.82) is 0 Å². The van der Waals surface area contributed by atoms with Gasteiger partial charge in [-0.25, -0.2) is 0 Å². The molecule has 0 aliphatic carbocycles. The smallest absolute Gasteiger partial charge is 0.135 e. The van der Waals surface area contributed by atoms with Gasteiger partial charge in [0.15, 0.2) is 0 Å². The second kappa shape index (κ2) is 19.7. The average molecular weight is 357 g/mol. The van der Waals surface area contributed by atoms with Crippen molar-refractivity contribution in [3.8, 4) is 0 Å². The minimum absolute atomic E-state index is 0.165. The largest absolute Gasteiger partial charge is 0.299 e. The summed E-state index contributed by atoms with van der Waals surface area (Å²) in [6, 6.07) is 0. The Morgan fingerprint density at radius 3 is 1.54 bits per heavy atom. The maximum Gasteiger partial charge on any atom is 0.135 e. The predicted octanol–water partition coefficient (Wildman–Crippen LogP) is 7.91. The maximum absolute atomic E-state index is 11.5. The molecule has 0 bridgehead atoms. The van der Waals surface area contributed by atoms with Gasteiger partial charge in [-0.15, -0.1) is 0 Å². The average Bonchev–Trinajstić information content (AvgIpc) is 2.63. The van der Waals surface area contributed by atoms with E-state index in [1.165, 1.54) is 25.7 Å². The Bertz CT molecular complexity index is 461. The highest BCUT2D eigenvalue weighted by molar-refractivity contribution is 5.80. The molecule has 0 spiro atoms. The van der Waals surface area contributed by atoms with Crippen LogP contribution in [0.3, 0.4) is 0 Å². The van der Waals surface area contributed by atoms with Crippen LogP contribution >= 0.6 is 0 Å². The highest BCUT2D eigenvalue weighted by Gasteiger charge is 2.04. The van der Waals surface area contributed by atoms with E-state index in [4.69, 9.17) is 0 Å². The van der Waals surface area contributed by atoms with Crippen molar-refractivity contribution in [1.82, 2.24) is 0 Å². The predicted molar refractivity (Wildman–Crippen MR) is 117 cm³/mol. The number of carbonyl (C=O) groups excluding carboxylic acids is 1. The van der Waals surface area contributed by atoms with Crippen LogP contribution in [-0.4, -0.2) is 5.78 Å². The molecule has 0 fully saturated rings. The molecule has 0 rings (SSSR count). The molecule has 0 atom stereocenters. The van der Waals surface area contributed by atoms with Crippen molar-refractivity contribution in [3.05, 3.63) is 60.8 Å². The van der Waals surface area contributed by atoms with Gasteiger partial charge in [0.2, 0.25) is 0 Å². The third kappa shape index (κ3) is 18.7. The molecule has 0 radical (unpaired) electrons. The van der Waals surface area contributed by atoms with Crippen molar-refractivity contribution < 1.29 is 4.79 Å². The zero-order chi connectivity index (χ0) is 19.3. The normalized spacial score (nSPS) is 12.9. The Balaban J connectivity index is 3.48. The van der Waals surface area contributed by atoms with Crippen LogP contribution in [0.4, 0.5) is 0 Å². The Hall–Kier alpha value is -1.63. The lowest BCUT2D eigenvalue weighted by molar-refractivity contribution is -0.121. The summed E-state index contributed by atoms with van der Waals surface area (Å²) in [4.78, 5) is 11.5. The van der Waals surface area contributed by atoms with Crippen molar-refractivity contribution in [2.45, 2.75) is 85.0 Å². The molecular weight excluding hydrogens is 316 g/mol. The quantitative estimate of drug-likeness (QED) is 0.203. The van der Waals surface area contributed by atoms with E-state index in [0.29, 0.717) is 12.2 Å². The Morgan fingerprint density at radius 2 is 1.08 bits per heavy atom. The van der Waals surface area contributed by atoms with Gasteiger partial charge in [-0.05, 0) is 57.8 Å². The van der Waals surface area contributed by atoms with Crippen LogP contribution in [0.1, 0.15) is 85.0 Å². The third-order valence-electron chi connectivity index (χ3n) is 4.08. The zero-order valence-electron chi connectivity index (χ0n) is 17.3. The second-order valence-electron chi connectivity index (χ2n) is 6.92. The molecule has 0 aliphatic rings. The summed E-state index contributed by atoms with van der Waals surface area (Å²) in [7, 11) is 0. The second-order valence-corrected chi connectivity index (χ2v) is 6.92. The third-order valence-corrected chi connectivity index (χ3v) is 4.08. The summed E-state index contributed by atoms with van der Waals surface area (Å²) in [5.41, 5.74) is 0. The first-order valence-electron chi connectivity index (χ1n) is 10.5. The summed E-state index contributed by atoms with van der Waals surface area (Å²) >= 11 is 0. The van der Waals surface area contributed by atoms with Gasteiger partial charge in [-0.1, -0.05) is 81.5 Å². The molecule has 0 aliphatic heterocycles. The van der Waals surface area contributed by atoms with Crippen LogP contribution < -0.4 is 0 Å². The van der Waals surface area contributed by atoms with Gasteiger partial charge >= 0.3 is 0 Å². The minimum atomic E-state index is 0.165. The van der Waals surface area contributed by atoms with Crippen molar-refractivity contribution in [2.24, 2.45) is 5.92 Å². The van der Waals surface area contributed by atoms with E-state index in [2.05, 4.69) is 67.7 Å². The van der Waals surface area contributed by atoms with Gasteiger partial charge in [-0.2, -0.15) is 0 Å². The molecule has 26 heavy (non-hydrogen) atoms. The Morgan fingerprint density at radius 1 is 0.654 bits per heavy atom. The maximum atomic E-state index is 11.5. The number of carbonyl (C=O) groups is 1. The molecule has 0 saturated heterocycles. The fraction of sp³-hybridized carbons (Fsp3) is 0.560. The van der Waals surface area contributed by atoms with Gasteiger partial charge in [0.1, 0.15) is 5.78 Å². The molecule has 0 aromatic carbocycles. The number of hydrogen-bond donors (Lipinski definition) is 0. The molecule has 0 aromatic rings. The first-order chi connectivity index (χ1) is 12.7. The SMILES string of the molecule is CC/C=C\CCCC/C=C\C/C=C\C/C=C\C/C=C\CCC(=O)C(C)C. The fourth-order valence-corrected chi connectivity index (χ4v) is 2.37. The first kappa shape index (κ1) is 24.4. The monoisotopic (exact) mass is 356 g/mol. The summed E-state index contributed by atoms with van der Waals surface area (Å²) < 4.78 is 0.